The van der Waals surface area contributed by atoms with Gasteiger partial charge in [0.05, 0.1) is 0 Å². The van der Waals surface area contributed by atoms with Crippen molar-refractivity contribution in [1.29, 1.82) is 0 Å². The highest BCUT2D eigenvalue weighted by atomic mass is 35.5. The van der Waals surface area contributed by atoms with Gasteiger partial charge in [-0.2, -0.15) is 0 Å². The van der Waals surface area contributed by atoms with E-state index >= 15 is 0 Å². The standard InChI is InChI=1S/C15H22FN3O.ClH/c1-12-3-4-13(11-14(12)16)15(20)18-5-2-8-19-9-6-17-7-10-19;/h3-4,11,17H,2,5-10H2,1H3,(H,18,20);1H. The van der Waals surface area contributed by atoms with Gasteiger partial charge in [0.1, 0.15) is 5.82 Å². The van der Waals surface area contributed by atoms with Crippen LogP contribution < -0.4 is 10.6 Å². The van der Waals surface area contributed by atoms with Crippen molar-refractivity contribution in [3.05, 3.63) is 35.1 Å². The Balaban J connectivity index is 0.00000220. The van der Waals surface area contributed by atoms with Crippen molar-refractivity contribution in [2.24, 2.45) is 0 Å². The molecule has 1 saturated heterocycles. The van der Waals surface area contributed by atoms with Gasteiger partial charge in [-0.05, 0) is 37.6 Å². The summed E-state index contributed by atoms with van der Waals surface area (Å²) >= 11 is 0. The number of carbonyl (C=O) groups is 1. The number of rotatable bonds is 5. The van der Waals surface area contributed by atoms with Crippen molar-refractivity contribution in [3.8, 4) is 0 Å². The van der Waals surface area contributed by atoms with Gasteiger partial charge in [-0.1, -0.05) is 6.07 Å². The number of nitrogens with one attached hydrogen (secondary N) is 2. The van der Waals surface area contributed by atoms with E-state index in [-0.39, 0.29) is 24.1 Å². The Hall–Kier alpha value is -1.17. The third-order valence-electron chi connectivity index (χ3n) is 3.58. The van der Waals surface area contributed by atoms with Gasteiger partial charge in [-0.3, -0.25) is 4.79 Å². The SMILES string of the molecule is Cc1ccc(C(=O)NCCCN2CCNCC2)cc1F.Cl. The minimum absolute atomic E-state index is 0. The maximum atomic E-state index is 13.4. The molecule has 0 unspecified atom stereocenters. The number of nitrogens with zero attached hydrogens (tertiary/aromatic N) is 1. The van der Waals surface area contributed by atoms with E-state index in [1.165, 1.54) is 6.07 Å². The smallest absolute Gasteiger partial charge is 0.251 e. The molecule has 1 aromatic rings. The van der Waals surface area contributed by atoms with Crippen LogP contribution >= 0.6 is 12.4 Å². The molecule has 1 fully saturated rings. The molecule has 21 heavy (non-hydrogen) atoms. The van der Waals surface area contributed by atoms with Crippen molar-refractivity contribution in [3.63, 3.8) is 0 Å². The molecule has 1 aromatic carbocycles. The zero-order valence-electron chi connectivity index (χ0n) is 12.3. The summed E-state index contributed by atoms with van der Waals surface area (Å²) in [5.74, 6) is -0.539. The fourth-order valence-corrected chi connectivity index (χ4v) is 2.28. The predicted octanol–water partition coefficient (Wildman–Crippen LogP) is 1.58. The lowest BCUT2D eigenvalue weighted by Gasteiger charge is -2.27. The second kappa shape index (κ2) is 8.97. The van der Waals surface area contributed by atoms with Gasteiger partial charge in [0.15, 0.2) is 0 Å². The Morgan fingerprint density at radius 3 is 2.76 bits per heavy atom. The average molecular weight is 316 g/mol. The van der Waals surface area contributed by atoms with Crippen LogP contribution in [-0.2, 0) is 0 Å². The van der Waals surface area contributed by atoms with Crippen LogP contribution in [0.15, 0.2) is 18.2 Å². The number of amides is 1. The van der Waals surface area contributed by atoms with Crippen LogP contribution in [0.3, 0.4) is 0 Å². The summed E-state index contributed by atoms with van der Waals surface area (Å²) in [5.41, 5.74) is 0.940. The molecule has 0 atom stereocenters. The third kappa shape index (κ3) is 5.61. The summed E-state index contributed by atoms with van der Waals surface area (Å²) in [5, 5.41) is 6.15. The first-order valence-corrected chi connectivity index (χ1v) is 7.14. The van der Waals surface area contributed by atoms with Gasteiger partial charge in [0.25, 0.3) is 5.91 Å². The molecule has 1 aliphatic rings. The van der Waals surface area contributed by atoms with E-state index in [9.17, 15) is 9.18 Å². The summed E-state index contributed by atoms with van der Waals surface area (Å²) in [7, 11) is 0. The minimum Gasteiger partial charge on any atom is -0.352 e. The number of hydrogen-bond acceptors (Lipinski definition) is 3. The molecule has 0 saturated carbocycles. The highest BCUT2D eigenvalue weighted by Gasteiger charge is 2.10. The van der Waals surface area contributed by atoms with E-state index in [4.69, 9.17) is 0 Å². The first-order chi connectivity index (χ1) is 9.66. The summed E-state index contributed by atoms with van der Waals surface area (Å²) in [6.45, 7) is 7.51. The van der Waals surface area contributed by atoms with E-state index < -0.39 is 0 Å². The topological polar surface area (TPSA) is 44.4 Å². The molecule has 1 heterocycles. The first-order valence-electron chi connectivity index (χ1n) is 7.14. The van der Waals surface area contributed by atoms with Crippen LogP contribution in [0.5, 0.6) is 0 Å². The van der Waals surface area contributed by atoms with Gasteiger partial charge in [0.2, 0.25) is 0 Å². The third-order valence-corrected chi connectivity index (χ3v) is 3.58. The molecule has 4 nitrogen and oxygen atoms in total. The Bertz CT molecular complexity index is 464. The molecule has 2 N–H and O–H groups in total. The number of hydrogen-bond donors (Lipinski definition) is 2. The molecule has 0 radical (unpaired) electrons. The van der Waals surface area contributed by atoms with Crippen LogP contribution in [0.25, 0.3) is 0 Å². The highest BCUT2D eigenvalue weighted by Crippen LogP contribution is 2.08. The zero-order chi connectivity index (χ0) is 14.4. The molecule has 1 aliphatic heterocycles. The number of aryl methyl sites for hydroxylation is 1. The monoisotopic (exact) mass is 315 g/mol. The van der Waals surface area contributed by atoms with Crippen LogP contribution in [0.2, 0.25) is 0 Å². The van der Waals surface area contributed by atoms with Crippen LogP contribution in [0.4, 0.5) is 4.39 Å². The van der Waals surface area contributed by atoms with E-state index in [0.29, 0.717) is 17.7 Å². The predicted molar refractivity (Wildman–Crippen MR) is 84.6 cm³/mol. The van der Waals surface area contributed by atoms with E-state index in [0.717, 1.165) is 39.1 Å². The van der Waals surface area contributed by atoms with Gasteiger partial charge in [-0.25, -0.2) is 4.39 Å². The normalized spacial score (nSPS) is 15.3. The maximum Gasteiger partial charge on any atom is 0.251 e. The maximum absolute atomic E-state index is 13.4. The average Bonchev–Trinajstić information content (AvgIpc) is 2.47. The largest absolute Gasteiger partial charge is 0.352 e. The van der Waals surface area contributed by atoms with E-state index in [1.54, 1.807) is 19.1 Å². The molecular weight excluding hydrogens is 293 g/mol. The summed E-state index contributed by atoms with van der Waals surface area (Å²) in [4.78, 5) is 14.2. The lowest BCUT2D eigenvalue weighted by molar-refractivity contribution is 0.0951. The van der Waals surface area contributed by atoms with Gasteiger partial charge < -0.3 is 15.5 Å². The van der Waals surface area contributed by atoms with Crippen molar-refractivity contribution in [1.82, 2.24) is 15.5 Å². The van der Waals surface area contributed by atoms with Crippen LogP contribution in [-0.4, -0.2) is 50.1 Å². The highest BCUT2D eigenvalue weighted by molar-refractivity contribution is 5.94. The molecule has 118 valence electrons. The lowest BCUT2D eigenvalue weighted by atomic mass is 10.1. The molecule has 0 aromatic heterocycles. The summed E-state index contributed by atoms with van der Waals surface area (Å²) in [6, 6.07) is 4.58. The molecule has 0 bridgehead atoms. The zero-order valence-corrected chi connectivity index (χ0v) is 13.1. The Labute approximate surface area is 131 Å². The molecule has 6 heteroatoms. The van der Waals surface area contributed by atoms with Gasteiger partial charge in [0, 0.05) is 38.3 Å². The second-order valence-electron chi connectivity index (χ2n) is 5.17. The number of halogens is 2. The van der Waals surface area contributed by atoms with Crippen molar-refractivity contribution in [2.45, 2.75) is 13.3 Å². The number of piperazine rings is 1. The molecular formula is C15H23ClFN3O. The van der Waals surface area contributed by atoms with Crippen molar-refractivity contribution >= 4 is 18.3 Å². The minimum atomic E-state index is -0.335. The molecule has 0 spiro atoms. The Morgan fingerprint density at radius 1 is 1.38 bits per heavy atom. The molecule has 0 aliphatic carbocycles. The van der Waals surface area contributed by atoms with E-state index in [1.807, 2.05) is 0 Å². The molecule has 1 amide bonds. The van der Waals surface area contributed by atoms with Gasteiger partial charge >= 0.3 is 0 Å². The van der Waals surface area contributed by atoms with Crippen LogP contribution in [0, 0.1) is 12.7 Å². The summed E-state index contributed by atoms with van der Waals surface area (Å²) in [6.07, 6.45) is 0.917. The second-order valence-corrected chi connectivity index (χ2v) is 5.17. The van der Waals surface area contributed by atoms with Crippen molar-refractivity contribution < 1.29 is 9.18 Å². The number of benzene rings is 1. The van der Waals surface area contributed by atoms with Crippen LogP contribution in [0.1, 0.15) is 22.3 Å². The summed E-state index contributed by atoms with van der Waals surface area (Å²) < 4.78 is 13.4. The molecule has 2 rings (SSSR count). The Kier molecular flexibility index (Phi) is 7.64. The fourth-order valence-electron chi connectivity index (χ4n) is 2.28. The first kappa shape index (κ1) is 17.9. The number of carbonyl (C=O) groups excluding carboxylic acids is 1. The fraction of sp³-hybridized carbons (Fsp3) is 0.533. The Morgan fingerprint density at radius 2 is 2.10 bits per heavy atom. The lowest BCUT2D eigenvalue weighted by Crippen LogP contribution is -2.44. The van der Waals surface area contributed by atoms with Crippen molar-refractivity contribution in [2.75, 3.05) is 39.3 Å². The quantitative estimate of drug-likeness (QED) is 0.811. The van der Waals surface area contributed by atoms with E-state index in [2.05, 4.69) is 15.5 Å². The van der Waals surface area contributed by atoms with Gasteiger partial charge in [-0.15, -0.1) is 12.4 Å².